The van der Waals surface area contributed by atoms with Gasteiger partial charge in [0.05, 0.1) is 12.0 Å². The van der Waals surface area contributed by atoms with E-state index >= 15 is 0 Å². The maximum Gasteiger partial charge on any atom is 0.228 e. The predicted molar refractivity (Wildman–Crippen MR) is 92.5 cm³/mol. The quantitative estimate of drug-likeness (QED) is 0.907. The summed E-state index contributed by atoms with van der Waals surface area (Å²) in [5, 5.41) is 6.05. The Kier molecular flexibility index (Phi) is 3.81. The lowest BCUT2D eigenvalue weighted by Crippen LogP contribution is -2.37. The van der Waals surface area contributed by atoms with E-state index in [2.05, 4.69) is 22.8 Å². The summed E-state index contributed by atoms with van der Waals surface area (Å²) >= 11 is 0. The second kappa shape index (κ2) is 6.11. The number of amides is 2. The number of hydrogen-bond acceptors (Lipinski definition) is 2. The van der Waals surface area contributed by atoms with Crippen LogP contribution in [0.3, 0.4) is 0 Å². The lowest BCUT2D eigenvalue weighted by molar-refractivity contribution is -0.127. The minimum atomic E-state index is -0.417. The largest absolute Gasteiger partial charge is 0.348 e. The maximum absolute atomic E-state index is 12.9. The molecule has 24 heavy (non-hydrogen) atoms. The van der Waals surface area contributed by atoms with E-state index in [-0.39, 0.29) is 24.3 Å². The Morgan fingerprint density at radius 3 is 2.50 bits per heavy atom. The van der Waals surface area contributed by atoms with Crippen molar-refractivity contribution in [3.05, 3.63) is 65.7 Å². The van der Waals surface area contributed by atoms with Gasteiger partial charge in [0.25, 0.3) is 0 Å². The van der Waals surface area contributed by atoms with Crippen LogP contribution >= 0.6 is 0 Å². The molecule has 1 aliphatic carbocycles. The SMILES string of the molecule is O=C1CC(C(=O)NC(c2ccccc2)C2CC2)c2ccccc2N1. The Hall–Kier alpha value is -2.62. The molecule has 4 nitrogen and oxygen atoms in total. The van der Waals surface area contributed by atoms with E-state index in [0.717, 1.165) is 29.7 Å². The van der Waals surface area contributed by atoms with Crippen LogP contribution < -0.4 is 10.6 Å². The van der Waals surface area contributed by atoms with Crippen molar-refractivity contribution in [3.63, 3.8) is 0 Å². The molecule has 4 rings (SSSR count). The van der Waals surface area contributed by atoms with Gasteiger partial charge in [0.15, 0.2) is 0 Å². The first-order valence-electron chi connectivity index (χ1n) is 8.46. The summed E-state index contributed by atoms with van der Waals surface area (Å²) in [6.07, 6.45) is 2.48. The van der Waals surface area contributed by atoms with Gasteiger partial charge >= 0.3 is 0 Å². The molecule has 0 bridgehead atoms. The number of rotatable bonds is 4. The fourth-order valence-corrected chi connectivity index (χ4v) is 3.46. The highest BCUT2D eigenvalue weighted by atomic mass is 16.2. The molecule has 0 spiro atoms. The summed E-state index contributed by atoms with van der Waals surface area (Å²) in [4.78, 5) is 24.9. The van der Waals surface area contributed by atoms with E-state index in [1.165, 1.54) is 0 Å². The Labute approximate surface area is 141 Å². The molecular formula is C20H20N2O2. The zero-order valence-electron chi connectivity index (χ0n) is 13.4. The highest BCUT2D eigenvalue weighted by Gasteiger charge is 2.36. The third kappa shape index (κ3) is 2.92. The maximum atomic E-state index is 12.9. The van der Waals surface area contributed by atoms with Gasteiger partial charge in [0, 0.05) is 12.1 Å². The zero-order chi connectivity index (χ0) is 16.5. The van der Waals surface area contributed by atoms with Crippen LogP contribution in [0.5, 0.6) is 0 Å². The minimum absolute atomic E-state index is 0.0378. The minimum Gasteiger partial charge on any atom is -0.348 e. The second-order valence-electron chi connectivity index (χ2n) is 6.63. The zero-order valence-corrected chi connectivity index (χ0v) is 13.4. The van der Waals surface area contributed by atoms with Crippen molar-refractivity contribution in [1.82, 2.24) is 5.32 Å². The molecule has 1 aliphatic heterocycles. The second-order valence-corrected chi connectivity index (χ2v) is 6.63. The fraction of sp³-hybridized carbons (Fsp3) is 0.300. The summed E-state index contributed by atoms with van der Waals surface area (Å²) < 4.78 is 0. The van der Waals surface area contributed by atoms with Crippen LogP contribution in [0.1, 0.15) is 42.3 Å². The third-order valence-corrected chi connectivity index (χ3v) is 4.87. The van der Waals surface area contributed by atoms with E-state index in [9.17, 15) is 9.59 Å². The van der Waals surface area contributed by atoms with Crippen LogP contribution in [0.15, 0.2) is 54.6 Å². The summed E-state index contributed by atoms with van der Waals surface area (Å²) in [5.41, 5.74) is 2.79. The summed E-state index contributed by atoms with van der Waals surface area (Å²) in [5.74, 6) is -0.0708. The highest BCUT2D eigenvalue weighted by molar-refractivity contribution is 6.01. The number of carbonyl (C=O) groups is 2. The van der Waals surface area contributed by atoms with E-state index < -0.39 is 5.92 Å². The molecule has 0 radical (unpaired) electrons. The van der Waals surface area contributed by atoms with Crippen molar-refractivity contribution >= 4 is 17.5 Å². The van der Waals surface area contributed by atoms with Gasteiger partial charge in [-0.25, -0.2) is 0 Å². The molecule has 2 amide bonds. The normalized spacial score (nSPS) is 20.7. The first kappa shape index (κ1) is 14.9. The molecule has 2 aromatic carbocycles. The van der Waals surface area contributed by atoms with Crippen molar-refractivity contribution < 1.29 is 9.59 Å². The van der Waals surface area contributed by atoms with Gasteiger partial charge in [-0.1, -0.05) is 48.5 Å². The molecule has 1 fully saturated rings. The van der Waals surface area contributed by atoms with Crippen molar-refractivity contribution in [3.8, 4) is 0 Å². The molecule has 4 heteroatoms. The molecule has 2 atom stereocenters. The van der Waals surface area contributed by atoms with Gasteiger partial charge in [-0.3, -0.25) is 9.59 Å². The van der Waals surface area contributed by atoms with Gasteiger partial charge < -0.3 is 10.6 Å². The molecule has 2 unspecified atom stereocenters. The van der Waals surface area contributed by atoms with Gasteiger partial charge in [0.1, 0.15) is 0 Å². The molecule has 1 heterocycles. The molecule has 0 aromatic heterocycles. The summed E-state index contributed by atoms with van der Waals surface area (Å²) in [6, 6.07) is 17.7. The van der Waals surface area contributed by atoms with Crippen molar-refractivity contribution in [2.24, 2.45) is 5.92 Å². The first-order valence-corrected chi connectivity index (χ1v) is 8.46. The topological polar surface area (TPSA) is 58.2 Å². The lowest BCUT2D eigenvalue weighted by atomic mass is 9.89. The Morgan fingerprint density at radius 2 is 1.75 bits per heavy atom. The number of nitrogens with one attached hydrogen (secondary N) is 2. The number of fused-ring (bicyclic) bond motifs is 1. The van der Waals surface area contributed by atoms with Crippen molar-refractivity contribution in [1.29, 1.82) is 0 Å². The Balaban J connectivity index is 1.58. The molecule has 122 valence electrons. The van der Waals surface area contributed by atoms with Crippen molar-refractivity contribution in [2.75, 3.05) is 5.32 Å². The highest BCUT2D eigenvalue weighted by Crippen LogP contribution is 2.42. The first-order chi connectivity index (χ1) is 11.7. The molecule has 2 aromatic rings. The molecule has 1 saturated carbocycles. The number of benzene rings is 2. The summed E-state index contributed by atoms with van der Waals surface area (Å²) in [7, 11) is 0. The van der Waals surface area contributed by atoms with E-state index in [0.29, 0.717) is 5.92 Å². The Morgan fingerprint density at radius 1 is 1.04 bits per heavy atom. The van der Waals surface area contributed by atoms with Crippen molar-refractivity contribution in [2.45, 2.75) is 31.2 Å². The lowest BCUT2D eigenvalue weighted by Gasteiger charge is -2.27. The van der Waals surface area contributed by atoms with Crippen LogP contribution in [0, 0.1) is 5.92 Å². The standard InChI is InChI=1S/C20H20N2O2/c23-18-12-16(15-8-4-5-9-17(15)21-18)20(24)22-19(14-10-11-14)13-6-2-1-3-7-13/h1-9,14,16,19H,10-12H2,(H,21,23)(H,22,24). The third-order valence-electron chi connectivity index (χ3n) is 4.87. The molecule has 2 N–H and O–H groups in total. The Bertz CT molecular complexity index is 768. The number of anilines is 1. The average Bonchev–Trinajstić information content (AvgIpc) is 3.44. The van der Waals surface area contributed by atoms with Gasteiger partial charge in [0.2, 0.25) is 11.8 Å². The van der Waals surface area contributed by atoms with Crippen LogP contribution in [0.2, 0.25) is 0 Å². The average molecular weight is 320 g/mol. The van der Waals surface area contributed by atoms with Crippen LogP contribution in [0.4, 0.5) is 5.69 Å². The molecule has 2 aliphatic rings. The summed E-state index contributed by atoms with van der Waals surface area (Å²) in [6.45, 7) is 0. The van der Waals surface area contributed by atoms with Gasteiger partial charge in [-0.15, -0.1) is 0 Å². The fourth-order valence-electron chi connectivity index (χ4n) is 3.46. The predicted octanol–water partition coefficient (Wildman–Crippen LogP) is 3.38. The number of carbonyl (C=O) groups excluding carboxylic acids is 2. The molecular weight excluding hydrogens is 300 g/mol. The van der Waals surface area contributed by atoms with Gasteiger partial charge in [-0.05, 0) is 36.0 Å². The van der Waals surface area contributed by atoms with Gasteiger partial charge in [-0.2, -0.15) is 0 Å². The van der Waals surface area contributed by atoms with E-state index in [4.69, 9.17) is 0 Å². The van der Waals surface area contributed by atoms with Crippen LogP contribution in [0.25, 0.3) is 0 Å². The van der Waals surface area contributed by atoms with Crippen LogP contribution in [-0.4, -0.2) is 11.8 Å². The molecule has 0 saturated heterocycles. The number of hydrogen-bond donors (Lipinski definition) is 2. The van der Waals surface area contributed by atoms with E-state index in [1.54, 1.807) is 0 Å². The van der Waals surface area contributed by atoms with E-state index in [1.807, 2.05) is 42.5 Å². The number of para-hydroxylation sites is 1. The monoisotopic (exact) mass is 320 g/mol. The smallest absolute Gasteiger partial charge is 0.228 e. The van der Waals surface area contributed by atoms with Crippen LogP contribution in [-0.2, 0) is 9.59 Å².